The Hall–Kier alpha value is -2.64. The Labute approximate surface area is 176 Å². The van der Waals surface area contributed by atoms with Gasteiger partial charge in [-0.3, -0.25) is 9.47 Å². The van der Waals surface area contributed by atoms with Gasteiger partial charge in [0, 0.05) is 11.6 Å². The number of hydrogen-bond acceptors (Lipinski definition) is 5. The first kappa shape index (κ1) is 19.7. The van der Waals surface area contributed by atoms with Crippen molar-refractivity contribution in [3.05, 3.63) is 53.3 Å². The van der Waals surface area contributed by atoms with Crippen LogP contribution in [0.3, 0.4) is 0 Å². The summed E-state index contributed by atoms with van der Waals surface area (Å²) in [6.07, 6.45) is 3.77. The summed E-state index contributed by atoms with van der Waals surface area (Å²) in [5.74, 6) is 2.17. The molecule has 0 N–H and O–H groups in total. The molecule has 0 bridgehead atoms. The van der Waals surface area contributed by atoms with E-state index in [1.807, 2.05) is 45.6 Å². The number of aromatic nitrogens is 3. The second-order valence-electron chi connectivity index (χ2n) is 7.17. The summed E-state index contributed by atoms with van der Waals surface area (Å²) in [7, 11) is 3.27. The fourth-order valence-electron chi connectivity index (χ4n) is 3.76. The normalized spacial score (nSPS) is 14.7. The third-order valence-corrected chi connectivity index (χ3v) is 5.67. The maximum absolute atomic E-state index is 5.87. The highest BCUT2D eigenvalue weighted by atomic mass is 32.1. The summed E-state index contributed by atoms with van der Waals surface area (Å²) >= 11 is 5.87. The molecule has 0 radical (unpaired) electrons. The van der Waals surface area contributed by atoms with Crippen molar-refractivity contribution < 1.29 is 9.47 Å². The third-order valence-electron chi connectivity index (χ3n) is 5.28. The van der Waals surface area contributed by atoms with Gasteiger partial charge in [-0.15, -0.1) is 5.10 Å². The van der Waals surface area contributed by atoms with Crippen LogP contribution in [-0.2, 0) is 6.67 Å². The Bertz CT molecular complexity index is 1020. The van der Waals surface area contributed by atoms with Crippen molar-refractivity contribution in [1.29, 1.82) is 0 Å². The molecular formula is C22H26N4O2S. The zero-order valence-corrected chi connectivity index (χ0v) is 17.7. The van der Waals surface area contributed by atoms with E-state index in [2.05, 4.69) is 17.0 Å². The first-order chi connectivity index (χ1) is 14.2. The van der Waals surface area contributed by atoms with Crippen LogP contribution in [0.2, 0.25) is 0 Å². The van der Waals surface area contributed by atoms with Crippen molar-refractivity contribution in [3.63, 3.8) is 0 Å². The number of benzene rings is 2. The van der Waals surface area contributed by atoms with Crippen molar-refractivity contribution >= 4 is 12.2 Å². The molecule has 3 aromatic rings. The van der Waals surface area contributed by atoms with Gasteiger partial charge in [0.1, 0.15) is 0 Å². The third kappa shape index (κ3) is 4.06. The second-order valence-corrected chi connectivity index (χ2v) is 7.53. The predicted molar refractivity (Wildman–Crippen MR) is 116 cm³/mol. The highest BCUT2D eigenvalue weighted by molar-refractivity contribution is 7.71. The number of hydrogen-bond donors (Lipinski definition) is 0. The lowest BCUT2D eigenvalue weighted by atomic mass is 10.1. The molecule has 0 saturated carbocycles. The van der Waals surface area contributed by atoms with E-state index in [0.29, 0.717) is 22.9 Å². The molecule has 2 aromatic carbocycles. The van der Waals surface area contributed by atoms with Crippen molar-refractivity contribution in [3.8, 4) is 28.6 Å². The smallest absolute Gasteiger partial charge is 0.204 e. The van der Waals surface area contributed by atoms with Crippen LogP contribution in [0.15, 0.2) is 48.5 Å². The van der Waals surface area contributed by atoms with E-state index in [1.165, 1.54) is 19.3 Å². The maximum atomic E-state index is 5.87. The second kappa shape index (κ2) is 8.80. The summed E-state index contributed by atoms with van der Waals surface area (Å²) in [6, 6.07) is 16.0. The fourth-order valence-corrected chi connectivity index (χ4v) is 4.05. The first-order valence-corrected chi connectivity index (χ1v) is 10.3. The van der Waals surface area contributed by atoms with E-state index in [1.54, 1.807) is 14.2 Å². The van der Waals surface area contributed by atoms with E-state index < -0.39 is 0 Å². The Kier molecular flexibility index (Phi) is 5.97. The van der Waals surface area contributed by atoms with Gasteiger partial charge in [0.05, 0.1) is 26.6 Å². The van der Waals surface area contributed by atoms with Crippen LogP contribution in [0, 0.1) is 4.77 Å². The van der Waals surface area contributed by atoms with Gasteiger partial charge in [-0.1, -0.05) is 36.8 Å². The number of methoxy groups -OCH3 is 2. The molecule has 1 aromatic heterocycles. The molecule has 152 valence electrons. The number of ether oxygens (including phenoxy) is 2. The average molecular weight is 411 g/mol. The van der Waals surface area contributed by atoms with Gasteiger partial charge in [0.2, 0.25) is 4.77 Å². The fraction of sp³-hybridized carbons (Fsp3) is 0.364. The lowest BCUT2D eigenvalue weighted by Crippen LogP contribution is -2.32. The minimum absolute atomic E-state index is 0.662. The zero-order chi connectivity index (χ0) is 20.2. The SMILES string of the molecule is COc1ccc(-n2c(-c3ccccc3)nn(CN3CCCCC3)c2=S)cc1OC. The number of rotatable bonds is 6. The van der Waals surface area contributed by atoms with Gasteiger partial charge in [0.15, 0.2) is 17.3 Å². The van der Waals surface area contributed by atoms with Crippen molar-refractivity contribution in [2.45, 2.75) is 25.9 Å². The van der Waals surface area contributed by atoms with Crippen LogP contribution >= 0.6 is 12.2 Å². The van der Waals surface area contributed by atoms with Gasteiger partial charge >= 0.3 is 0 Å². The molecule has 0 amide bonds. The Morgan fingerprint density at radius 3 is 2.34 bits per heavy atom. The molecule has 1 saturated heterocycles. The summed E-state index contributed by atoms with van der Waals surface area (Å²) in [6.45, 7) is 2.89. The molecule has 2 heterocycles. The quantitative estimate of drug-likeness (QED) is 0.559. The van der Waals surface area contributed by atoms with Crippen LogP contribution in [0.5, 0.6) is 11.5 Å². The van der Waals surface area contributed by atoms with Gasteiger partial charge in [-0.2, -0.15) is 0 Å². The zero-order valence-electron chi connectivity index (χ0n) is 16.9. The van der Waals surface area contributed by atoms with Crippen LogP contribution in [-0.4, -0.2) is 46.6 Å². The Morgan fingerprint density at radius 2 is 1.66 bits per heavy atom. The monoisotopic (exact) mass is 410 g/mol. The molecule has 7 heteroatoms. The van der Waals surface area contributed by atoms with E-state index >= 15 is 0 Å². The van der Waals surface area contributed by atoms with E-state index in [4.69, 9.17) is 26.8 Å². The van der Waals surface area contributed by atoms with E-state index in [-0.39, 0.29) is 0 Å². The molecule has 1 aliphatic rings. The number of nitrogens with zero attached hydrogens (tertiary/aromatic N) is 4. The summed E-state index contributed by atoms with van der Waals surface area (Å²) < 4.78 is 15.5. The summed E-state index contributed by atoms with van der Waals surface area (Å²) in [5.41, 5.74) is 1.92. The topological polar surface area (TPSA) is 44.5 Å². The Morgan fingerprint density at radius 1 is 0.931 bits per heavy atom. The van der Waals surface area contributed by atoms with Crippen LogP contribution in [0.25, 0.3) is 17.1 Å². The van der Waals surface area contributed by atoms with Gasteiger partial charge < -0.3 is 9.47 Å². The Balaban J connectivity index is 1.82. The van der Waals surface area contributed by atoms with Gasteiger partial charge in [-0.05, 0) is 50.3 Å². The molecule has 0 spiro atoms. The van der Waals surface area contributed by atoms with E-state index in [0.717, 1.165) is 30.2 Å². The molecule has 1 aliphatic heterocycles. The molecule has 1 fully saturated rings. The van der Waals surface area contributed by atoms with Crippen LogP contribution in [0.4, 0.5) is 0 Å². The summed E-state index contributed by atoms with van der Waals surface area (Å²) in [4.78, 5) is 2.42. The number of likely N-dealkylation sites (tertiary alicyclic amines) is 1. The van der Waals surface area contributed by atoms with Crippen molar-refractivity contribution in [2.24, 2.45) is 0 Å². The molecule has 4 rings (SSSR count). The summed E-state index contributed by atoms with van der Waals surface area (Å²) in [5, 5.41) is 4.91. The van der Waals surface area contributed by atoms with Crippen molar-refractivity contribution in [2.75, 3.05) is 27.3 Å². The highest BCUT2D eigenvalue weighted by Crippen LogP contribution is 2.31. The van der Waals surface area contributed by atoms with Crippen LogP contribution in [0.1, 0.15) is 19.3 Å². The van der Waals surface area contributed by atoms with Crippen LogP contribution < -0.4 is 9.47 Å². The predicted octanol–water partition coefficient (Wildman–Crippen LogP) is 4.53. The lowest BCUT2D eigenvalue weighted by Gasteiger charge is -2.25. The maximum Gasteiger partial charge on any atom is 0.204 e. The minimum atomic E-state index is 0.662. The molecule has 0 atom stereocenters. The van der Waals surface area contributed by atoms with Crippen molar-refractivity contribution in [1.82, 2.24) is 19.2 Å². The molecule has 29 heavy (non-hydrogen) atoms. The van der Waals surface area contributed by atoms with E-state index in [9.17, 15) is 0 Å². The standard InChI is InChI=1S/C22H26N4O2S/c1-27-19-12-11-18(15-20(19)28-2)26-21(17-9-5-3-6-10-17)23-25(22(26)29)16-24-13-7-4-8-14-24/h3,5-6,9-12,15H,4,7-8,13-14,16H2,1-2H3. The minimum Gasteiger partial charge on any atom is -0.493 e. The molecule has 6 nitrogen and oxygen atoms in total. The highest BCUT2D eigenvalue weighted by Gasteiger charge is 2.18. The number of piperidine rings is 1. The van der Waals surface area contributed by atoms with Gasteiger partial charge in [0.25, 0.3) is 0 Å². The lowest BCUT2D eigenvalue weighted by molar-refractivity contribution is 0.172. The average Bonchev–Trinajstić information content (AvgIpc) is 3.10. The molecule has 0 aliphatic carbocycles. The molecular weight excluding hydrogens is 384 g/mol. The first-order valence-electron chi connectivity index (χ1n) is 9.91. The molecule has 0 unspecified atom stereocenters. The van der Waals surface area contributed by atoms with Gasteiger partial charge in [-0.25, -0.2) is 4.68 Å². The largest absolute Gasteiger partial charge is 0.493 e.